The van der Waals surface area contributed by atoms with Crippen LogP contribution < -0.4 is 5.32 Å². The molecule has 0 heterocycles. The van der Waals surface area contributed by atoms with E-state index < -0.39 is 0 Å². The molecule has 0 spiro atoms. The topological polar surface area (TPSA) is 52.5 Å². The first-order valence-electron chi connectivity index (χ1n) is 6.54. The molecule has 3 nitrogen and oxygen atoms in total. The molecule has 0 aromatic heterocycles. The quantitative estimate of drug-likeness (QED) is 0.735. The van der Waals surface area contributed by atoms with Gasteiger partial charge >= 0.3 is 0 Å². The van der Waals surface area contributed by atoms with Crippen LogP contribution in [0.4, 0.5) is 4.39 Å². The van der Waals surface area contributed by atoms with Crippen molar-refractivity contribution in [3.05, 3.63) is 59.4 Å². The zero-order valence-corrected chi connectivity index (χ0v) is 11.3. The fraction of sp³-hybridized carbons (Fsp3) is 0.250. The van der Waals surface area contributed by atoms with Crippen molar-refractivity contribution in [1.82, 2.24) is 5.32 Å². The fourth-order valence-electron chi connectivity index (χ4n) is 2.05. The molecule has 0 radical (unpaired) electrons. The Kier molecular flexibility index (Phi) is 4.58. The Labute approximate surface area is 117 Å². The highest BCUT2D eigenvalue weighted by Gasteiger charge is 2.08. The lowest BCUT2D eigenvalue weighted by atomic mass is 10.1. The second-order valence-corrected chi connectivity index (χ2v) is 4.90. The van der Waals surface area contributed by atoms with Gasteiger partial charge in [0.25, 0.3) is 0 Å². The van der Waals surface area contributed by atoms with Crippen LogP contribution >= 0.6 is 0 Å². The third kappa shape index (κ3) is 3.71. The Morgan fingerprint density at radius 1 is 1.10 bits per heavy atom. The number of phenols is 2. The number of nitrogens with one attached hydrogen (secondary N) is 1. The first kappa shape index (κ1) is 14.3. The molecule has 0 aliphatic heterocycles. The number of halogens is 1. The number of benzene rings is 2. The molecular weight excluding hydrogens is 257 g/mol. The average molecular weight is 275 g/mol. The van der Waals surface area contributed by atoms with Gasteiger partial charge in [-0.1, -0.05) is 24.3 Å². The van der Waals surface area contributed by atoms with Gasteiger partial charge in [0.15, 0.2) is 11.5 Å². The van der Waals surface area contributed by atoms with Gasteiger partial charge in [0.1, 0.15) is 5.82 Å². The monoisotopic (exact) mass is 275 g/mol. The van der Waals surface area contributed by atoms with Crippen LogP contribution in [0.2, 0.25) is 0 Å². The smallest absolute Gasteiger partial charge is 0.161 e. The van der Waals surface area contributed by atoms with Crippen LogP contribution in [0.25, 0.3) is 0 Å². The summed E-state index contributed by atoms with van der Waals surface area (Å²) >= 11 is 0. The van der Waals surface area contributed by atoms with Crippen LogP contribution in [0.5, 0.6) is 11.5 Å². The predicted octanol–water partition coefficient (Wildman–Crippen LogP) is 2.96. The SMILES string of the molecule is CC(Cc1ccc(F)cc1)NCc1cccc(O)c1O. The summed E-state index contributed by atoms with van der Waals surface area (Å²) < 4.78 is 12.8. The number of hydrogen-bond donors (Lipinski definition) is 3. The molecule has 1 atom stereocenters. The molecule has 0 amide bonds. The lowest BCUT2D eigenvalue weighted by Crippen LogP contribution is -2.27. The minimum Gasteiger partial charge on any atom is -0.504 e. The number of rotatable bonds is 5. The van der Waals surface area contributed by atoms with E-state index in [1.54, 1.807) is 24.3 Å². The van der Waals surface area contributed by atoms with E-state index in [0.29, 0.717) is 12.1 Å². The fourth-order valence-corrected chi connectivity index (χ4v) is 2.05. The van der Waals surface area contributed by atoms with Gasteiger partial charge in [-0.05, 0) is 37.1 Å². The Morgan fingerprint density at radius 3 is 2.50 bits per heavy atom. The van der Waals surface area contributed by atoms with Gasteiger partial charge in [0, 0.05) is 18.2 Å². The van der Waals surface area contributed by atoms with Crippen molar-refractivity contribution >= 4 is 0 Å². The molecule has 2 aromatic carbocycles. The molecule has 106 valence electrons. The molecule has 2 aromatic rings. The maximum absolute atomic E-state index is 12.8. The summed E-state index contributed by atoms with van der Waals surface area (Å²) in [5.41, 5.74) is 1.70. The van der Waals surface area contributed by atoms with Gasteiger partial charge in [-0.15, -0.1) is 0 Å². The van der Waals surface area contributed by atoms with Crippen LogP contribution in [0.3, 0.4) is 0 Å². The van der Waals surface area contributed by atoms with Crippen LogP contribution in [0.15, 0.2) is 42.5 Å². The Balaban J connectivity index is 1.90. The Hall–Kier alpha value is -2.07. The average Bonchev–Trinajstić information content (AvgIpc) is 2.43. The van der Waals surface area contributed by atoms with Gasteiger partial charge in [-0.2, -0.15) is 0 Å². The van der Waals surface area contributed by atoms with Gasteiger partial charge in [0.05, 0.1) is 0 Å². The Morgan fingerprint density at radius 2 is 1.80 bits per heavy atom. The lowest BCUT2D eigenvalue weighted by Gasteiger charge is -2.15. The highest BCUT2D eigenvalue weighted by Crippen LogP contribution is 2.27. The summed E-state index contributed by atoms with van der Waals surface area (Å²) in [4.78, 5) is 0. The number of para-hydroxylation sites is 1. The maximum atomic E-state index is 12.8. The first-order chi connectivity index (χ1) is 9.56. The van der Waals surface area contributed by atoms with Gasteiger partial charge in [0.2, 0.25) is 0 Å². The van der Waals surface area contributed by atoms with E-state index in [1.165, 1.54) is 18.2 Å². The second-order valence-electron chi connectivity index (χ2n) is 4.90. The van der Waals surface area contributed by atoms with E-state index in [-0.39, 0.29) is 23.4 Å². The van der Waals surface area contributed by atoms with Gasteiger partial charge in [-0.25, -0.2) is 4.39 Å². The van der Waals surface area contributed by atoms with E-state index in [1.807, 2.05) is 6.92 Å². The third-order valence-corrected chi connectivity index (χ3v) is 3.19. The zero-order chi connectivity index (χ0) is 14.5. The number of hydrogen-bond acceptors (Lipinski definition) is 3. The van der Waals surface area contributed by atoms with Crippen molar-refractivity contribution in [3.8, 4) is 11.5 Å². The predicted molar refractivity (Wildman–Crippen MR) is 76.2 cm³/mol. The van der Waals surface area contributed by atoms with Gasteiger partial charge in [-0.3, -0.25) is 0 Å². The van der Waals surface area contributed by atoms with Crippen molar-refractivity contribution in [2.75, 3.05) is 0 Å². The summed E-state index contributed by atoms with van der Waals surface area (Å²) in [6.07, 6.45) is 0.764. The van der Waals surface area contributed by atoms with Crippen molar-refractivity contribution in [1.29, 1.82) is 0 Å². The highest BCUT2D eigenvalue weighted by atomic mass is 19.1. The molecular formula is C16H18FNO2. The zero-order valence-electron chi connectivity index (χ0n) is 11.3. The minimum absolute atomic E-state index is 0.0889. The van der Waals surface area contributed by atoms with E-state index in [2.05, 4.69) is 5.32 Å². The summed E-state index contributed by atoms with van der Waals surface area (Å²) in [6, 6.07) is 11.5. The van der Waals surface area contributed by atoms with Crippen molar-refractivity contribution in [3.63, 3.8) is 0 Å². The van der Waals surface area contributed by atoms with E-state index >= 15 is 0 Å². The number of aromatic hydroxyl groups is 2. The van der Waals surface area contributed by atoms with E-state index in [4.69, 9.17) is 0 Å². The normalized spacial score (nSPS) is 12.3. The molecule has 2 rings (SSSR count). The highest BCUT2D eigenvalue weighted by molar-refractivity contribution is 5.44. The van der Waals surface area contributed by atoms with Crippen LogP contribution in [-0.2, 0) is 13.0 Å². The molecule has 4 heteroatoms. The van der Waals surface area contributed by atoms with Crippen molar-refractivity contribution in [2.45, 2.75) is 25.9 Å². The summed E-state index contributed by atoms with van der Waals surface area (Å²) in [7, 11) is 0. The van der Waals surface area contributed by atoms with Gasteiger partial charge < -0.3 is 15.5 Å². The number of phenolic OH excluding ortho intramolecular Hbond substituents is 2. The van der Waals surface area contributed by atoms with E-state index in [9.17, 15) is 14.6 Å². The maximum Gasteiger partial charge on any atom is 0.161 e. The lowest BCUT2D eigenvalue weighted by molar-refractivity contribution is 0.396. The van der Waals surface area contributed by atoms with E-state index in [0.717, 1.165) is 12.0 Å². The first-order valence-corrected chi connectivity index (χ1v) is 6.54. The molecule has 1 unspecified atom stereocenters. The molecule has 0 bridgehead atoms. The molecule has 0 aliphatic carbocycles. The molecule has 0 aliphatic rings. The van der Waals surface area contributed by atoms with Crippen molar-refractivity contribution < 1.29 is 14.6 Å². The molecule has 0 saturated carbocycles. The third-order valence-electron chi connectivity index (χ3n) is 3.19. The molecule has 3 N–H and O–H groups in total. The molecule has 0 saturated heterocycles. The van der Waals surface area contributed by atoms with Crippen LogP contribution in [0.1, 0.15) is 18.1 Å². The largest absolute Gasteiger partial charge is 0.504 e. The van der Waals surface area contributed by atoms with Crippen molar-refractivity contribution in [2.24, 2.45) is 0 Å². The summed E-state index contributed by atoms with van der Waals surface area (Å²) in [5.74, 6) is -0.441. The minimum atomic E-state index is -0.237. The van der Waals surface area contributed by atoms with Crippen LogP contribution in [0, 0.1) is 5.82 Å². The standard InChI is InChI=1S/C16H18FNO2/c1-11(9-12-5-7-14(17)8-6-12)18-10-13-3-2-4-15(19)16(13)20/h2-8,11,18-20H,9-10H2,1H3. The van der Waals surface area contributed by atoms with Crippen LogP contribution in [-0.4, -0.2) is 16.3 Å². The molecule has 20 heavy (non-hydrogen) atoms. The summed E-state index contributed by atoms with van der Waals surface area (Å²) in [6.45, 7) is 2.48. The molecule has 0 fully saturated rings. The Bertz CT molecular complexity index is 569. The second kappa shape index (κ2) is 6.39. The summed E-state index contributed by atoms with van der Waals surface area (Å²) in [5, 5.41) is 22.4.